The number of para-hydroxylation sites is 1. The van der Waals surface area contributed by atoms with Gasteiger partial charge in [0.25, 0.3) is 11.6 Å². The predicted molar refractivity (Wildman–Crippen MR) is 146 cm³/mol. The number of rotatable bonds is 9. The molecule has 196 valence electrons. The number of amides is 1. The van der Waals surface area contributed by atoms with Crippen molar-refractivity contribution in [3.8, 4) is 17.2 Å². The van der Waals surface area contributed by atoms with Gasteiger partial charge >= 0.3 is 0 Å². The molecule has 8 nitrogen and oxygen atoms in total. The van der Waals surface area contributed by atoms with E-state index in [4.69, 9.17) is 25.5 Å². The average Bonchev–Trinajstić information content (AvgIpc) is 3.35. The molecule has 0 aliphatic heterocycles. The Labute approximate surface area is 225 Å². The Bertz CT molecular complexity index is 1490. The Morgan fingerprint density at radius 3 is 2.50 bits per heavy atom. The van der Waals surface area contributed by atoms with E-state index in [-0.39, 0.29) is 35.4 Å². The van der Waals surface area contributed by atoms with Crippen LogP contribution >= 0.6 is 11.6 Å². The molecule has 1 amide bonds. The number of nitrogens with one attached hydrogen (secondary N) is 1. The Hall–Kier alpha value is -4.30. The van der Waals surface area contributed by atoms with Crippen LogP contribution in [0.5, 0.6) is 17.2 Å². The molecule has 0 aliphatic carbocycles. The summed E-state index contributed by atoms with van der Waals surface area (Å²) in [6.07, 6.45) is 0. The quantitative estimate of drug-likeness (QED) is 0.171. The molecule has 4 rings (SSSR count). The Morgan fingerprint density at radius 1 is 1.03 bits per heavy atom. The van der Waals surface area contributed by atoms with Crippen LogP contribution < -0.4 is 14.8 Å². The topological polar surface area (TPSA) is 104 Å². The summed E-state index contributed by atoms with van der Waals surface area (Å²) in [7, 11) is 0. The van der Waals surface area contributed by atoms with Crippen molar-refractivity contribution >= 4 is 28.9 Å². The summed E-state index contributed by atoms with van der Waals surface area (Å²) in [6.45, 7) is 7.98. The number of nitro groups is 1. The number of ether oxygens (including phenoxy) is 2. The van der Waals surface area contributed by atoms with Crippen LogP contribution in [-0.4, -0.2) is 10.8 Å². The molecule has 0 saturated heterocycles. The fourth-order valence-corrected chi connectivity index (χ4v) is 3.96. The number of non-ortho nitro benzene ring substituents is 1. The highest BCUT2D eigenvalue weighted by molar-refractivity contribution is 6.31. The SMILES string of the molecule is Cc1cc(OCc2ccc(C(=O)Nc3cc(Oc4ccccc4C)cc([N+](=O)[O-])c3)o2)c(C(C)C)cc1Cl. The standard InChI is InChI=1S/C29H27ClN2O6/c1-17(2)24-15-25(30)19(4)11-28(24)36-16-22-9-10-27(37-22)29(33)31-20-12-21(32(34)35)14-23(13-20)38-26-8-6-5-7-18(26)3/h5-15,17H,16H2,1-4H3,(H,31,33). The zero-order valence-corrected chi connectivity index (χ0v) is 22.2. The Balaban J connectivity index is 1.48. The minimum absolute atomic E-state index is 0.0350. The fourth-order valence-electron chi connectivity index (χ4n) is 3.78. The van der Waals surface area contributed by atoms with E-state index >= 15 is 0 Å². The van der Waals surface area contributed by atoms with E-state index < -0.39 is 10.8 Å². The third-order valence-corrected chi connectivity index (χ3v) is 6.26. The summed E-state index contributed by atoms with van der Waals surface area (Å²) >= 11 is 6.27. The second-order valence-corrected chi connectivity index (χ2v) is 9.55. The molecule has 0 bridgehead atoms. The van der Waals surface area contributed by atoms with Crippen LogP contribution in [0.25, 0.3) is 0 Å². The third-order valence-electron chi connectivity index (χ3n) is 5.85. The fraction of sp³-hybridized carbons (Fsp3) is 0.207. The lowest BCUT2D eigenvalue weighted by Gasteiger charge is -2.15. The van der Waals surface area contributed by atoms with Crippen LogP contribution in [0.4, 0.5) is 11.4 Å². The van der Waals surface area contributed by atoms with Gasteiger partial charge in [-0.25, -0.2) is 0 Å². The van der Waals surface area contributed by atoms with Gasteiger partial charge in [-0.15, -0.1) is 0 Å². The summed E-state index contributed by atoms with van der Waals surface area (Å²) in [4.78, 5) is 23.8. The molecule has 3 aromatic carbocycles. The van der Waals surface area contributed by atoms with Gasteiger partial charge in [0.1, 0.15) is 29.6 Å². The number of halogens is 1. The van der Waals surface area contributed by atoms with Gasteiger partial charge in [-0.1, -0.05) is 43.6 Å². The molecule has 0 radical (unpaired) electrons. The monoisotopic (exact) mass is 534 g/mol. The molecule has 4 aromatic rings. The van der Waals surface area contributed by atoms with E-state index in [0.717, 1.165) is 16.7 Å². The van der Waals surface area contributed by atoms with Crippen LogP contribution in [0.1, 0.15) is 52.8 Å². The summed E-state index contributed by atoms with van der Waals surface area (Å²) in [5.41, 5.74) is 2.70. The average molecular weight is 535 g/mol. The molecule has 0 unspecified atom stereocenters. The molecular weight excluding hydrogens is 508 g/mol. The molecule has 0 saturated carbocycles. The maximum absolute atomic E-state index is 12.9. The summed E-state index contributed by atoms with van der Waals surface area (Å²) in [5, 5.41) is 14.8. The highest BCUT2D eigenvalue weighted by Crippen LogP contribution is 2.33. The van der Waals surface area contributed by atoms with Crippen molar-refractivity contribution in [2.24, 2.45) is 0 Å². The van der Waals surface area contributed by atoms with Gasteiger partial charge in [0.05, 0.1) is 16.7 Å². The van der Waals surface area contributed by atoms with Crippen LogP contribution in [0, 0.1) is 24.0 Å². The maximum Gasteiger partial charge on any atom is 0.291 e. The molecular formula is C29H27ClN2O6. The van der Waals surface area contributed by atoms with Crippen LogP contribution in [0.15, 0.2) is 71.1 Å². The van der Waals surface area contributed by atoms with Gasteiger partial charge in [0.15, 0.2) is 5.76 Å². The largest absolute Gasteiger partial charge is 0.485 e. The molecule has 1 N–H and O–H groups in total. The second kappa shape index (κ2) is 11.4. The second-order valence-electron chi connectivity index (χ2n) is 9.14. The van der Waals surface area contributed by atoms with Gasteiger partial charge < -0.3 is 19.2 Å². The van der Waals surface area contributed by atoms with Crippen molar-refractivity contribution in [2.45, 2.75) is 40.2 Å². The lowest BCUT2D eigenvalue weighted by molar-refractivity contribution is -0.384. The van der Waals surface area contributed by atoms with E-state index in [1.807, 2.05) is 38.1 Å². The van der Waals surface area contributed by atoms with Crippen molar-refractivity contribution < 1.29 is 23.6 Å². The number of hydrogen-bond acceptors (Lipinski definition) is 6. The number of hydrogen-bond donors (Lipinski definition) is 1. The predicted octanol–water partition coefficient (Wildman–Crippen LogP) is 8.21. The van der Waals surface area contributed by atoms with Crippen molar-refractivity contribution in [1.82, 2.24) is 0 Å². The van der Waals surface area contributed by atoms with Crippen LogP contribution in [-0.2, 0) is 6.61 Å². The molecule has 38 heavy (non-hydrogen) atoms. The zero-order valence-electron chi connectivity index (χ0n) is 21.4. The van der Waals surface area contributed by atoms with E-state index in [1.54, 1.807) is 18.2 Å². The molecule has 9 heteroatoms. The summed E-state index contributed by atoms with van der Waals surface area (Å²) in [6, 6.07) is 18.3. The smallest absolute Gasteiger partial charge is 0.291 e. The molecule has 0 fully saturated rings. The molecule has 1 aromatic heterocycles. The number of anilines is 1. The van der Waals surface area contributed by atoms with Gasteiger partial charge in [-0.05, 0) is 66.8 Å². The van der Waals surface area contributed by atoms with E-state index in [2.05, 4.69) is 19.2 Å². The van der Waals surface area contributed by atoms with E-state index in [9.17, 15) is 14.9 Å². The number of benzene rings is 3. The molecule has 0 aliphatic rings. The third kappa shape index (κ3) is 6.33. The van der Waals surface area contributed by atoms with Crippen LogP contribution in [0.2, 0.25) is 5.02 Å². The molecule has 1 heterocycles. The number of nitro benzene ring substituents is 1. The van der Waals surface area contributed by atoms with Crippen molar-refractivity contribution in [3.63, 3.8) is 0 Å². The van der Waals surface area contributed by atoms with Crippen LogP contribution in [0.3, 0.4) is 0 Å². The van der Waals surface area contributed by atoms with Gasteiger partial charge in [0, 0.05) is 17.2 Å². The first kappa shape index (κ1) is 26.8. The lowest BCUT2D eigenvalue weighted by Crippen LogP contribution is -2.11. The summed E-state index contributed by atoms with van der Waals surface area (Å²) < 4.78 is 17.5. The van der Waals surface area contributed by atoms with Crippen molar-refractivity contribution in [1.29, 1.82) is 0 Å². The zero-order chi connectivity index (χ0) is 27.4. The lowest BCUT2D eigenvalue weighted by atomic mass is 10.0. The number of aryl methyl sites for hydroxylation is 2. The first-order chi connectivity index (χ1) is 18.1. The van der Waals surface area contributed by atoms with Crippen molar-refractivity contribution in [2.75, 3.05) is 5.32 Å². The highest BCUT2D eigenvalue weighted by atomic mass is 35.5. The number of carbonyl (C=O) groups is 1. The van der Waals surface area contributed by atoms with Crippen molar-refractivity contribution in [3.05, 3.63) is 110 Å². The minimum Gasteiger partial charge on any atom is -0.485 e. The Morgan fingerprint density at radius 2 is 1.79 bits per heavy atom. The first-order valence-electron chi connectivity index (χ1n) is 12.0. The number of furan rings is 1. The van der Waals surface area contributed by atoms with Gasteiger partial charge in [-0.3, -0.25) is 14.9 Å². The molecule has 0 atom stereocenters. The van der Waals surface area contributed by atoms with E-state index in [1.165, 1.54) is 24.3 Å². The highest BCUT2D eigenvalue weighted by Gasteiger charge is 2.17. The molecule has 0 spiro atoms. The first-order valence-corrected chi connectivity index (χ1v) is 12.3. The maximum atomic E-state index is 12.9. The van der Waals surface area contributed by atoms with E-state index in [0.29, 0.717) is 22.3 Å². The summed E-state index contributed by atoms with van der Waals surface area (Å²) in [5.74, 6) is 1.59. The van der Waals surface area contributed by atoms with Gasteiger partial charge in [-0.2, -0.15) is 0 Å². The Kier molecular flexibility index (Phi) is 8.02. The number of nitrogens with zero attached hydrogens (tertiary/aromatic N) is 1. The van der Waals surface area contributed by atoms with Gasteiger partial charge in [0.2, 0.25) is 0 Å². The number of carbonyl (C=O) groups excluding carboxylic acids is 1. The normalized spacial score (nSPS) is 10.9. The minimum atomic E-state index is -0.566.